The zero-order valence-corrected chi connectivity index (χ0v) is 13.0. The van der Waals surface area contributed by atoms with Crippen molar-refractivity contribution in [2.24, 2.45) is 34.5 Å². The van der Waals surface area contributed by atoms with E-state index in [4.69, 9.17) is 0 Å². The molecule has 1 unspecified atom stereocenters. The molecule has 19 heavy (non-hydrogen) atoms. The first kappa shape index (κ1) is 12.7. The lowest BCUT2D eigenvalue weighted by Gasteiger charge is -2.59. The minimum atomic E-state index is 0.616. The van der Waals surface area contributed by atoms with Crippen molar-refractivity contribution in [3.8, 4) is 0 Å². The molecule has 0 N–H and O–H groups in total. The highest BCUT2D eigenvalue weighted by Gasteiger charge is 2.57. The van der Waals surface area contributed by atoms with Gasteiger partial charge in [0.25, 0.3) is 0 Å². The molecule has 4 fully saturated rings. The van der Waals surface area contributed by atoms with Gasteiger partial charge in [-0.2, -0.15) is 0 Å². The third-order valence-corrected chi connectivity index (χ3v) is 8.09. The SMILES string of the molecule is C[C@@]12CCC[C@H]1[C@@H]1CCC3CCC[CH][C@]3(C)[C@@H]1CC2. The van der Waals surface area contributed by atoms with Crippen molar-refractivity contribution in [2.75, 3.05) is 0 Å². The quantitative estimate of drug-likeness (QED) is 0.529. The first-order valence-electron chi connectivity index (χ1n) is 8.98. The fourth-order valence-corrected chi connectivity index (χ4v) is 7.01. The van der Waals surface area contributed by atoms with Crippen molar-refractivity contribution in [3.05, 3.63) is 6.42 Å². The van der Waals surface area contributed by atoms with Gasteiger partial charge in [0.1, 0.15) is 0 Å². The molecular formula is C19H31. The highest BCUT2D eigenvalue weighted by Crippen LogP contribution is 2.65. The molecule has 0 aliphatic heterocycles. The van der Waals surface area contributed by atoms with Crippen LogP contribution in [0, 0.1) is 40.9 Å². The van der Waals surface area contributed by atoms with Crippen LogP contribution in [0.3, 0.4) is 0 Å². The third kappa shape index (κ3) is 1.70. The molecule has 6 atom stereocenters. The van der Waals surface area contributed by atoms with Crippen molar-refractivity contribution >= 4 is 0 Å². The summed E-state index contributed by atoms with van der Waals surface area (Å²) in [5, 5.41) is 0. The topological polar surface area (TPSA) is 0 Å². The molecule has 0 bridgehead atoms. The van der Waals surface area contributed by atoms with Gasteiger partial charge >= 0.3 is 0 Å². The lowest BCUT2D eigenvalue weighted by Crippen LogP contribution is -2.52. The summed E-state index contributed by atoms with van der Waals surface area (Å²) in [4.78, 5) is 0. The summed E-state index contributed by atoms with van der Waals surface area (Å²) in [6, 6.07) is 0. The molecule has 1 radical (unpaired) electrons. The summed E-state index contributed by atoms with van der Waals surface area (Å²) in [6.07, 6.45) is 18.0. The predicted molar refractivity (Wildman–Crippen MR) is 80.6 cm³/mol. The number of hydrogen-bond acceptors (Lipinski definition) is 0. The second-order valence-electron chi connectivity index (χ2n) is 8.74. The highest BCUT2D eigenvalue weighted by molar-refractivity contribution is 5.11. The molecule has 4 saturated carbocycles. The van der Waals surface area contributed by atoms with Crippen LogP contribution in [0.15, 0.2) is 0 Å². The fraction of sp³-hybridized carbons (Fsp3) is 0.947. The van der Waals surface area contributed by atoms with Crippen LogP contribution in [-0.4, -0.2) is 0 Å². The van der Waals surface area contributed by atoms with Crippen molar-refractivity contribution < 1.29 is 0 Å². The molecule has 4 rings (SSSR count). The van der Waals surface area contributed by atoms with Gasteiger partial charge in [-0.05, 0) is 92.3 Å². The van der Waals surface area contributed by atoms with E-state index in [0.717, 1.165) is 29.1 Å². The normalized spacial score (nSPS) is 57.2. The predicted octanol–water partition coefficient (Wildman–Crippen LogP) is 5.62. The molecule has 107 valence electrons. The average Bonchev–Trinajstić information content (AvgIpc) is 2.79. The van der Waals surface area contributed by atoms with E-state index < -0.39 is 0 Å². The molecule has 4 aliphatic carbocycles. The zero-order chi connectivity index (χ0) is 13.1. The van der Waals surface area contributed by atoms with E-state index in [9.17, 15) is 0 Å². The molecule has 4 aliphatic rings. The van der Waals surface area contributed by atoms with Gasteiger partial charge in [-0.1, -0.05) is 26.7 Å². The van der Waals surface area contributed by atoms with E-state index in [0.29, 0.717) is 5.41 Å². The number of rotatable bonds is 0. The summed E-state index contributed by atoms with van der Waals surface area (Å²) >= 11 is 0. The van der Waals surface area contributed by atoms with Gasteiger partial charge in [0.2, 0.25) is 0 Å². The Balaban J connectivity index is 1.64. The Bertz CT molecular complexity index is 359. The van der Waals surface area contributed by atoms with E-state index in [2.05, 4.69) is 20.3 Å². The van der Waals surface area contributed by atoms with Crippen molar-refractivity contribution in [3.63, 3.8) is 0 Å². The van der Waals surface area contributed by atoms with E-state index in [-0.39, 0.29) is 0 Å². The lowest BCUT2D eigenvalue weighted by atomic mass is 9.45. The van der Waals surface area contributed by atoms with E-state index >= 15 is 0 Å². The Morgan fingerprint density at radius 1 is 0.842 bits per heavy atom. The lowest BCUT2D eigenvalue weighted by molar-refractivity contribution is -0.0808. The molecular weight excluding hydrogens is 228 g/mol. The van der Waals surface area contributed by atoms with Crippen LogP contribution in [0.25, 0.3) is 0 Å². The Morgan fingerprint density at radius 3 is 2.63 bits per heavy atom. The standard InChI is InChI=1S/C19H31/c1-18-11-5-7-16(18)15-9-8-14-6-3-4-12-19(14,2)17(15)10-13-18/h12,14-17H,3-11,13H2,1-2H3/t14?,15-,16-,17+,18-,19-/m0/s1. The minimum absolute atomic E-state index is 0.616. The van der Waals surface area contributed by atoms with Gasteiger partial charge in [-0.15, -0.1) is 0 Å². The molecule has 0 nitrogen and oxygen atoms in total. The second-order valence-corrected chi connectivity index (χ2v) is 8.74. The molecule has 0 heteroatoms. The fourth-order valence-electron chi connectivity index (χ4n) is 7.01. The first-order chi connectivity index (χ1) is 9.13. The summed E-state index contributed by atoms with van der Waals surface area (Å²) in [5.41, 5.74) is 1.35. The third-order valence-electron chi connectivity index (χ3n) is 8.09. The van der Waals surface area contributed by atoms with Crippen LogP contribution < -0.4 is 0 Å². The number of fused-ring (bicyclic) bond motifs is 5. The number of hydrogen-bond donors (Lipinski definition) is 0. The van der Waals surface area contributed by atoms with Crippen LogP contribution in [0.2, 0.25) is 0 Å². The zero-order valence-electron chi connectivity index (χ0n) is 13.0. The van der Waals surface area contributed by atoms with Gasteiger partial charge < -0.3 is 0 Å². The van der Waals surface area contributed by atoms with Crippen LogP contribution >= 0.6 is 0 Å². The van der Waals surface area contributed by atoms with Gasteiger partial charge in [-0.25, -0.2) is 0 Å². The Labute approximate surface area is 119 Å². The summed E-state index contributed by atoms with van der Waals surface area (Å²) in [7, 11) is 0. The minimum Gasteiger partial charge on any atom is -0.0594 e. The summed E-state index contributed by atoms with van der Waals surface area (Å²) in [5.74, 6) is 4.24. The Hall–Kier alpha value is 0. The van der Waals surface area contributed by atoms with Gasteiger partial charge in [0.05, 0.1) is 0 Å². The first-order valence-corrected chi connectivity index (χ1v) is 8.98. The maximum absolute atomic E-state index is 2.77. The second kappa shape index (κ2) is 4.25. The summed E-state index contributed by atoms with van der Waals surface area (Å²) < 4.78 is 0. The Morgan fingerprint density at radius 2 is 1.74 bits per heavy atom. The van der Waals surface area contributed by atoms with Crippen LogP contribution in [0.4, 0.5) is 0 Å². The van der Waals surface area contributed by atoms with Gasteiger partial charge in [0.15, 0.2) is 0 Å². The average molecular weight is 259 g/mol. The van der Waals surface area contributed by atoms with E-state index in [1.165, 1.54) is 38.5 Å². The monoisotopic (exact) mass is 259 g/mol. The molecule has 0 aromatic rings. The van der Waals surface area contributed by atoms with E-state index in [1.54, 1.807) is 25.7 Å². The molecule has 0 spiro atoms. The molecule has 0 saturated heterocycles. The largest absolute Gasteiger partial charge is 0.0594 e. The molecule has 0 aromatic heterocycles. The Kier molecular flexibility index (Phi) is 2.84. The van der Waals surface area contributed by atoms with Crippen LogP contribution in [0.5, 0.6) is 0 Å². The van der Waals surface area contributed by atoms with Crippen molar-refractivity contribution in [2.45, 2.75) is 78.1 Å². The smallest absolute Gasteiger partial charge is 0.0235 e. The van der Waals surface area contributed by atoms with Crippen molar-refractivity contribution in [1.29, 1.82) is 0 Å². The molecule has 0 aromatic carbocycles. The highest BCUT2D eigenvalue weighted by atomic mass is 14.6. The van der Waals surface area contributed by atoms with Crippen molar-refractivity contribution in [1.82, 2.24) is 0 Å². The summed E-state index contributed by atoms with van der Waals surface area (Å²) in [6.45, 7) is 5.27. The van der Waals surface area contributed by atoms with Crippen LogP contribution in [-0.2, 0) is 0 Å². The maximum Gasteiger partial charge on any atom is -0.0235 e. The maximum atomic E-state index is 2.77. The van der Waals surface area contributed by atoms with Gasteiger partial charge in [-0.3, -0.25) is 0 Å². The van der Waals surface area contributed by atoms with Gasteiger partial charge in [0, 0.05) is 0 Å². The van der Waals surface area contributed by atoms with Crippen LogP contribution in [0.1, 0.15) is 78.1 Å². The van der Waals surface area contributed by atoms with E-state index in [1.807, 2.05) is 0 Å². The molecule has 0 amide bonds. The molecule has 0 heterocycles.